The Morgan fingerprint density at radius 2 is 1.59 bits per heavy atom. The number of hydrogen-bond acceptors (Lipinski definition) is 10. The topological polar surface area (TPSA) is 158 Å². The second-order valence-electron chi connectivity index (χ2n) is 5.66. The minimum Gasteiger partial charge on any atom is -0.394 e. The molecule has 0 radical (unpaired) electrons. The van der Waals surface area contributed by atoms with Crippen molar-refractivity contribution in [1.82, 2.24) is 0 Å². The van der Waals surface area contributed by atoms with Crippen LogP contribution < -0.4 is 0 Å². The van der Waals surface area contributed by atoms with Crippen LogP contribution in [0.1, 0.15) is 0 Å². The third kappa shape index (κ3) is 2.65. The third-order valence-electron chi connectivity index (χ3n) is 4.21. The molecule has 0 unspecified atom stereocenters. The molecule has 3 saturated heterocycles. The van der Waals surface area contributed by atoms with Crippen molar-refractivity contribution in [2.24, 2.45) is 0 Å². The number of rotatable bonds is 3. The van der Waals surface area contributed by atoms with E-state index in [9.17, 15) is 25.5 Å². The first kappa shape index (κ1) is 16.5. The van der Waals surface area contributed by atoms with Crippen LogP contribution in [0.15, 0.2) is 0 Å². The normalized spacial score (nSPS) is 55.4. The quantitative estimate of drug-likeness (QED) is 0.299. The van der Waals surface area contributed by atoms with E-state index in [-0.39, 0.29) is 6.61 Å². The number of aliphatic hydroxyl groups excluding tert-OH is 6. The van der Waals surface area contributed by atoms with Gasteiger partial charge in [-0.2, -0.15) is 0 Å². The highest BCUT2D eigenvalue weighted by atomic mass is 16.8. The van der Waals surface area contributed by atoms with Crippen LogP contribution in [0.5, 0.6) is 0 Å². The van der Waals surface area contributed by atoms with Crippen molar-refractivity contribution < 1.29 is 49.6 Å². The van der Waals surface area contributed by atoms with E-state index in [1.807, 2.05) is 0 Å². The number of hydrogen-bond donors (Lipinski definition) is 6. The fourth-order valence-electron chi connectivity index (χ4n) is 2.85. The van der Waals surface area contributed by atoms with E-state index in [0.717, 1.165) is 0 Å². The summed E-state index contributed by atoms with van der Waals surface area (Å²) in [4.78, 5) is 0. The van der Waals surface area contributed by atoms with Crippen molar-refractivity contribution in [3.8, 4) is 0 Å². The highest BCUT2D eigenvalue weighted by Gasteiger charge is 2.53. The molecule has 0 aliphatic carbocycles. The molecule has 128 valence electrons. The molecule has 22 heavy (non-hydrogen) atoms. The Morgan fingerprint density at radius 1 is 0.864 bits per heavy atom. The van der Waals surface area contributed by atoms with Crippen LogP contribution in [-0.4, -0.2) is 105 Å². The van der Waals surface area contributed by atoms with Crippen molar-refractivity contribution in [3.05, 3.63) is 0 Å². The molecule has 3 rings (SSSR count). The maximum atomic E-state index is 10.0. The molecule has 6 N–H and O–H groups in total. The molecule has 0 aromatic rings. The molecule has 10 atom stereocenters. The molecule has 3 aliphatic rings. The summed E-state index contributed by atoms with van der Waals surface area (Å²) in [7, 11) is 0. The molecular weight excluding hydrogens is 304 g/mol. The summed E-state index contributed by atoms with van der Waals surface area (Å²) in [6.07, 6.45) is -12.6. The molecule has 0 aromatic carbocycles. The van der Waals surface area contributed by atoms with Gasteiger partial charge < -0.3 is 49.6 Å². The van der Waals surface area contributed by atoms with Crippen molar-refractivity contribution in [3.63, 3.8) is 0 Å². The van der Waals surface area contributed by atoms with Crippen LogP contribution in [0.25, 0.3) is 0 Å². The van der Waals surface area contributed by atoms with Gasteiger partial charge in [0.1, 0.15) is 48.8 Å². The first-order valence-electron chi connectivity index (χ1n) is 7.03. The summed E-state index contributed by atoms with van der Waals surface area (Å²) in [5, 5.41) is 58.3. The summed E-state index contributed by atoms with van der Waals surface area (Å²) < 4.78 is 21.1. The van der Waals surface area contributed by atoms with Crippen molar-refractivity contribution in [1.29, 1.82) is 0 Å². The number of ether oxygens (including phenoxy) is 4. The Kier molecular flexibility index (Phi) is 4.67. The lowest BCUT2D eigenvalue weighted by Crippen LogP contribution is -2.62. The van der Waals surface area contributed by atoms with Crippen molar-refractivity contribution in [2.45, 2.75) is 61.4 Å². The minimum atomic E-state index is -1.61. The van der Waals surface area contributed by atoms with Gasteiger partial charge in [0.25, 0.3) is 0 Å². The molecule has 3 aliphatic heterocycles. The summed E-state index contributed by atoms with van der Waals surface area (Å²) in [5.41, 5.74) is 0. The molecule has 0 amide bonds. The van der Waals surface area contributed by atoms with E-state index in [2.05, 4.69) is 0 Å². The predicted octanol–water partition coefficient (Wildman–Crippen LogP) is -4.35. The lowest BCUT2D eigenvalue weighted by atomic mass is 9.98. The van der Waals surface area contributed by atoms with E-state index < -0.39 is 68.0 Å². The first-order valence-corrected chi connectivity index (χ1v) is 7.03. The second-order valence-corrected chi connectivity index (χ2v) is 5.66. The largest absolute Gasteiger partial charge is 0.394 e. The van der Waals surface area contributed by atoms with Gasteiger partial charge >= 0.3 is 0 Å². The summed E-state index contributed by atoms with van der Waals surface area (Å²) in [5.74, 6) is 0. The van der Waals surface area contributed by atoms with Crippen molar-refractivity contribution in [2.75, 3.05) is 13.2 Å². The Bertz CT molecular complexity index is 392. The van der Waals surface area contributed by atoms with Crippen LogP contribution in [0.3, 0.4) is 0 Å². The van der Waals surface area contributed by atoms with Gasteiger partial charge in [-0.15, -0.1) is 0 Å². The van der Waals surface area contributed by atoms with Gasteiger partial charge in [0.15, 0.2) is 12.6 Å². The Morgan fingerprint density at radius 3 is 2.27 bits per heavy atom. The second kappa shape index (κ2) is 6.24. The molecule has 0 spiro atoms. The van der Waals surface area contributed by atoms with Crippen LogP contribution in [-0.2, 0) is 18.9 Å². The summed E-state index contributed by atoms with van der Waals surface area (Å²) >= 11 is 0. The maximum Gasteiger partial charge on any atom is 0.187 e. The Hall–Kier alpha value is -0.400. The van der Waals surface area contributed by atoms with Crippen molar-refractivity contribution >= 4 is 0 Å². The fourth-order valence-corrected chi connectivity index (χ4v) is 2.85. The molecule has 0 aromatic heterocycles. The zero-order chi connectivity index (χ0) is 16.0. The SMILES string of the molecule is OC[C@H]1O[C@@H](O[C@H]2[C@H]3OC[C@@H](O3)[C@@H](O)[C@@H]2O)[C@H](O)[C@@H](O)[C@@H]1O. The van der Waals surface area contributed by atoms with Gasteiger partial charge in [0, 0.05) is 0 Å². The lowest BCUT2D eigenvalue weighted by molar-refractivity contribution is -0.345. The fraction of sp³-hybridized carbons (Fsp3) is 1.00. The van der Waals surface area contributed by atoms with Crippen LogP contribution in [0.2, 0.25) is 0 Å². The van der Waals surface area contributed by atoms with Gasteiger partial charge in [-0.25, -0.2) is 0 Å². The molecule has 2 bridgehead atoms. The molecule has 10 heteroatoms. The van der Waals surface area contributed by atoms with Gasteiger partial charge in [-0.1, -0.05) is 0 Å². The Labute approximate surface area is 125 Å². The smallest absolute Gasteiger partial charge is 0.187 e. The number of fused-ring (bicyclic) bond motifs is 2. The maximum absolute atomic E-state index is 10.0. The predicted molar refractivity (Wildman–Crippen MR) is 65.3 cm³/mol. The zero-order valence-corrected chi connectivity index (χ0v) is 11.5. The van der Waals surface area contributed by atoms with E-state index >= 15 is 0 Å². The zero-order valence-electron chi connectivity index (χ0n) is 11.5. The average molecular weight is 324 g/mol. The first-order chi connectivity index (χ1) is 10.4. The summed E-state index contributed by atoms with van der Waals surface area (Å²) in [6, 6.07) is 0. The van der Waals surface area contributed by atoms with Crippen LogP contribution >= 0.6 is 0 Å². The average Bonchev–Trinajstić information content (AvgIpc) is 2.96. The highest BCUT2D eigenvalue weighted by molar-refractivity contribution is 4.95. The summed E-state index contributed by atoms with van der Waals surface area (Å²) in [6.45, 7) is -0.503. The molecule has 0 saturated carbocycles. The van der Waals surface area contributed by atoms with Gasteiger partial charge in [0.05, 0.1) is 13.2 Å². The highest BCUT2D eigenvalue weighted by Crippen LogP contribution is 2.32. The van der Waals surface area contributed by atoms with E-state index in [1.54, 1.807) is 0 Å². The van der Waals surface area contributed by atoms with E-state index in [0.29, 0.717) is 0 Å². The van der Waals surface area contributed by atoms with Gasteiger partial charge in [0.2, 0.25) is 0 Å². The van der Waals surface area contributed by atoms with E-state index in [1.165, 1.54) is 0 Å². The number of aliphatic hydroxyl groups is 6. The minimum absolute atomic E-state index is 0.0947. The van der Waals surface area contributed by atoms with Crippen LogP contribution in [0, 0.1) is 0 Å². The Balaban J connectivity index is 1.71. The monoisotopic (exact) mass is 324 g/mol. The van der Waals surface area contributed by atoms with Gasteiger partial charge in [-0.3, -0.25) is 0 Å². The standard InChI is InChI=1S/C12H20O10/c13-1-3-5(14)7(16)9(18)11(20-3)22-10-8(17)6(15)4-2-19-12(10)21-4/h3-18H,1-2H2/t3-,4-,5-,6-,7+,8+,9-,10-,11+,12+/m1/s1. The molecule has 3 fully saturated rings. The van der Waals surface area contributed by atoms with Gasteiger partial charge in [-0.05, 0) is 0 Å². The third-order valence-corrected chi connectivity index (χ3v) is 4.21. The molecule has 10 nitrogen and oxygen atoms in total. The molecule has 3 heterocycles. The van der Waals surface area contributed by atoms with E-state index in [4.69, 9.17) is 24.1 Å². The lowest BCUT2D eigenvalue weighted by Gasteiger charge is -2.43. The molecular formula is C12H20O10. The van der Waals surface area contributed by atoms with Crippen LogP contribution in [0.4, 0.5) is 0 Å².